The minimum Gasteiger partial charge on any atom is -0.328 e. The van der Waals surface area contributed by atoms with Gasteiger partial charge in [-0.2, -0.15) is 0 Å². The molecule has 0 fully saturated rings. The Balaban J connectivity index is 2.26. The molecule has 2 rings (SSSR count). The summed E-state index contributed by atoms with van der Waals surface area (Å²) < 4.78 is 2.98. The molecule has 0 N–H and O–H groups in total. The fourth-order valence-corrected chi connectivity index (χ4v) is 2.83. The highest BCUT2D eigenvalue weighted by Gasteiger charge is 2.08. The minimum atomic E-state index is 0.613. The Kier molecular flexibility index (Phi) is 3.94. The van der Waals surface area contributed by atoms with Crippen molar-refractivity contribution < 1.29 is 0 Å². The van der Waals surface area contributed by atoms with Gasteiger partial charge in [-0.3, -0.25) is 0 Å². The maximum atomic E-state index is 4.39. The number of aryl methyl sites for hydroxylation is 1. The lowest BCUT2D eigenvalue weighted by molar-refractivity contribution is 0.891. The van der Waals surface area contributed by atoms with Crippen LogP contribution in [0.4, 0.5) is 0 Å². The van der Waals surface area contributed by atoms with Gasteiger partial charge in [0.25, 0.3) is 0 Å². The first-order valence-electron chi connectivity index (χ1n) is 5.52. The van der Waals surface area contributed by atoms with Crippen molar-refractivity contribution in [2.45, 2.75) is 24.0 Å². The van der Waals surface area contributed by atoms with Crippen molar-refractivity contribution in [3.05, 3.63) is 35.2 Å². The Labute approximate surface area is 115 Å². The van der Waals surface area contributed by atoms with Gasteiger partial charge >= 0.3 is 0 Å². The molecule has 0 aliphatic heterocycles. The third-order valence-corrected chi connectivity index (χ3v) is 4.32. The molecule has 0 atom stereocenters. The van der Waals surface area contributed by atoms with Crippen LogP contribution in [-0.2, 0) is 7.05 Å². The van der Waals surface area contributed by atoms with Gasteiger partial charge in [0, 0.05) is 22.8 Å². The van der Waals surface area contributed by atoms with Gasteiger partial charge in [-0.1, -0.05) is 26.0 Å². The summed E-state index contributed by atoms with van der Waals surface area (Å²) in [6.07, 6.45) is 1.82. The van der Waals surface area contributed by atoms with Gasteiger partial charge in [-0.25, -0.2) is 4.98 Å². The maximum Gasteiger partial charge on any atom is 0.112 e. The van der Waals surface area contributed by atoms with Gasteiger partial charge in [0.2, 0.25) is 0 Å². The Morgan fingerprint density at radius 1 is 1.24 bits per heavy atom. The Morgan fingerprint density at radius 3 is 2.35 bits per heavy atom. The molecule has 0 spiro atoms. The predicted octanol–water partition coefficient (Wildman–Crippen LogP) is 4.35. The molecule has 2 nitrogen and oxygen atoms in total. The molecular weight excluding hydrogens is 296 g/mol. The molecule has 0 bridgehead atoms. The van der Waals surface area contributed by atoms with E-state index in [0.717, 1.165) is 15.9 Å². The molecule has 0 saturated heterocycles. The molecule has 4 heteroatoms. The summed E-state index contributed by atoms with van der Waals surface area (Å²) in [5.74, 6) is 0. The Hall–Kier alpha value is -0.740. The lowest BCUT2D eigenvalue weighted by Gasteiger charge is -2.05. The highest BCUT2D eigenvalue weighted by molar-refractivity contribution is 9.10. The molecule has 0 unspecified atom stereocenters. The van der Waals surface area contributed by atoms with Gasteiger partial charge in [0.05, 0.1) is 6.33 Å². The van der Waals surface area contributed by atoms with E-state index in [2.05, 4.69) is 59.0 Å². The van der Waals surface area contributed by atoms with Crippen molar-refractivity contribution in [3.8, 4) is 11.3 Å². The van der Waals surface area contributed by atoms with Crippen LogP contribution in [0, 0.1) is 0 Å². The summed E-state index contributed by atoms with van der Waals surface area (Å²) in [5, 5.41) is 0.613. The fraction of sp³-hybridized carbons (Fsp3) is 0.308. The average Bonchev–Trinajstić information content (AvgIpc) is 2.60. The van der Waals surface area contributed by atoms with Gasteiger partial charge in [-0.15, -0.1) is 11.8 Å². The zero-order chi connectivity index (χ0) is 12.4. The quantitative estimate of drug-likeness (QED) is 0.784. The number of hydrogen-bond acceptors (Lipinski definition) is 2. The summed E-state index contributed by atoms with van der Waals surface area (Å²) in [7, 11) is 1.98. The van der Waals surface area contributed by atoms with E-state index in [9.17, 15) is 0 Å². The normalized spacial score (nSPS) is 11.1. The lowest BCUT2D eigenvalue weighted by atomic mass is 10.2. The van der Waals surface area contributed by atoms with Crippen LogP contribution in [0.1, 0.15) is 13.8 Å². The van der Waals surface area contributed by atoms with E-state index in [4.69, 9.17) is 0 Å². The molecular formula is C13H15BrN2S. The van der Waals surface area contributed by atoms with E-state index < -0.39 is 0 Å². The molecule has 0 aliphatic rings. The van der Waals surface area contributed by atoms with E-state index in [1.165, 1.54) is 4.90 Å². The zero-order valence-electron chi connectivity index (χ0n) is 10.1. The third-order valence-electron chi connectivity index (χ3n) is 2.36. The molecule has 0 amide bonds. The standard InChI is InChI=1S/C13H15BrN2S/c1-9(2)17-11-6-4-10(5-7-11)12-13(14)16(3)8-15-12/h4-9H,1-3H3. The second-order valence-electron chi connectivity index (χ2n) is 4.19. The number of thioether (sulfide) groups is 1. The maximum absolute atomic E-state index is 4.39. The van der Waals surface area contributed by atoms with E-state index in [0.29, 0.717) is 5.25 Å². The van der Waals surface area contributed by atoms with Crippen molar-refractivity contribution in [1.29, 1.82) is 0 Å². The molecule has 0 saturated carbocycles. The number of benzene rings is 1. The van der Waals surface area contributed by atoms with Gasteiger partial charge in [0.1, 0.15) is 10.3 Å². The first-order valence-corrected chi connectivity index (χ1v) is 7.19. The van der Waals surface area contributed by atoms with Crippen molar-refractivity contribution in [3.63, 3.8) is 0 Å². The summed E-state index contributed by atoms with van der Waals surface area (Å²) in [4.78, 5) is 5.69. The third kappa shape index (κ3) is 2.93. The number of aromatic nitrogens is 2. The first-order chi connectivity index (χ1) is 8.08. The summed E-state index contributed by atoms with van der Waals surface area (Å²) in [6.45, 7) is 4.40. The van der Waals surface area contributed by atoms with Crippen molar-refractivity contribution in [2.24, 2.45) is 7.05 Å². The van der Waals surface area contributed by atoms with Crippen LogP contribution in [0.15, 0.2) is 40.1 Å². The van der Waals surface area contributed by atoms with Gasteiger partial charge < -0.3 is 4.57 Å². The molecule has 2 aromatic rings. The zero-order valence-corrected chi connectivity index (χ0v) is 12.5. The van der Waals surface area contributed by atoms with E-state index in [1.54, 1.807) is 0 Å². The molecule has 0 aliphatic carbocycles. The largest absolute Gasteiger partial charge is 0.328 e. The molecule has 1 aromatic heterocycles. The monoisotopic (exact) mass is 310 g/mol. The first kappa shape index (κ1) is 12.7. The SMILES string of the molecule is CC(C)Sc1ccc(-c2ncn(C)c2Br)cc1. The molecule has 0 radical (unpaired) electrons. The fourth-order valence-electron chi connectivity index (χ4n) is 1.57. The Morgan fingerprint density at radius 2 is 1.88 bits per heavy atom. The highest BCUT2D eigenvalue weighted by atomic mass is 79.9. The van der Waals surface area contributed by atoms with Crippen LogP contribution < -0.4 is 0 Å². The Bertz CT molecular complexity index is 503. The van der Waals surface area contributed by atoms with E-state index in [1.807, 2.05) is 29.7 Å². The predicted molar refractivity (Wildman–Crippen MR) is 77.3 cm³/mol. The second kappa shape index (κ2) is 5.27. The molecule has 90 valence electrons. The number of halogens is 1. The number of hydrogen-bond donors (Lipinski definition) is 0. The summed E-state index contributed by atoms with van der Waals surface area (Å²) >= 11 is 5.42. The van der Waals surface area contributed by atoms with Gasteiger partial charge in [0.15, 0.2) is 0 Å². The van der Waals surface area contributed by atoms with Crippen LogP contribution in [0.5, 0.6) is 0 Å². The second-order valence-corrected chi connectivity index (χ2v) is 6.59. The summed E-state index contributed by atoms with van der Waals surface area (Å²) in [6, 6.07) is 8.55. The topological polar surface area (TPSA) is 17.8 Å². The number of imidazole rings is 1. The smallest absolute Gasteiger partial charge is 0.112 e. The van der Waals surface area contributed by atoms with Crippen molar-refractivity contribution in [2.75, 3.05) is 0 Å². The van der Waals surface area contributed by atoms with Crippen LogP contribution in [0.2, 0.25) is 0 Å². The summed E-state index contributed by atoms with van der Waals surface area (Å²) in [5.41, 5.74) is 2.14. The molecule has 17 heavy (non-hydrogen) atoms. The van der Waals surface area contributed by atoms with Crippen LogP contribution in [-0.4, -0.2) is 14.8 Å². The highest BCUT2D eigenvalue weighted by Crippen LogP contribution is 2.29. The van der Waals surface area contributed by atoms with Crippen molar-refractivity contribution >= 4 is 27.7 Å². The lowest BCUT2D eigenvalue weighted by Crippen LogP contribution is -1.87. The number of rotatable bonds is 3. The minimum absolute atomic E-state index is 0.613. The molecule has 1 aromatic carbocycles. The van der Waals surface area contributed by atoms with Gasteiger partial charge in [-0.05, 0) is 28.1 Å². The van der Waals surface area contributed by atoms with Crippen molar-refractivity contribution in [1.82, 2.24) is 9.55 Å². The van der Waals surface area contributed by atoms with Crippen LogP contribution in [0.3, 0.4) is 0 Å². The number of nitrogens with zero attached hydrogens (tertiary/aromatic N) is 2. The van der Waals surface area contributed by atoms with E-state index >= 15 is 0 Å². The van der Waals surface area contributed by atoms with Crippen LogP contribution >= 0.6 is 27.7 Å². The average molecular weight is 311 g/mol. The van der Waals surface area contributed by atoms with E-state index in [-0.39, 0.29) is 0 Å². The van der Waals surface area contributed by atoms with Crippen LogP contribution in [0.25, 0.3) is 11.3 Å². The molecule has 1 heterocycles.